The SMILES string of the molecule is S=c1n(CN2CCN(Cn3nc(-c4ccco4)n(/N=C/c4ccc(Cl)cc4)c3=S)CC2)nc(-c2ccco2)n1/N=C/c1ccc(Cl)cc1. The van der Waals surface area contributed by atoms with Crippen molar-refractivity contribution in [3.63, 3.8) is 0 Å². The van der Waals surface area contributed by atoms with E-state index in [1.807, 2.05) is 72.8 Å². The fourth-order valence-electron chi connectivity index (χ4n) is 5.11. The number of aromatic nitrogens is 6. The molecule has 5 heterocycles. The van der Waals surface area contributed by atoms with Crippen LogP contribution >= 0.6 is 47.6 Å². The predicted octanol–water partition coefficient (Wildman–Crippen LogP) is 6.97. The molecule has 0 saturated carbocycles. The lowest BCUT2D eigenvalue weighted by atomic mass is 10.2. The van der Waals surface area contributed by atoms with Crippen LogP contribution in [0.25, 0.3) is 23.2 Å². The highest BCUT2D eigenvalue weighted by molar-refractivity contribution is 7.71. The van der Waals surface area contributed by atoms with E-state index >= 15 is 0 Å². The van der Waals surface area contributed by atoms with Crippen LogP contribution in [0.15, 0.2) is 104 Å². The summed E-state index contributed by atoms with van der Waals surface area (Å²) in [5.74, 6) is 2.18. The number of hydrogen-bond acceptors (Lipinski definition) is 10. The number of halogens is 2. The Hall–Kier alpha value is -4.44. The van der Waals surface area contributed by atoms with Gasteiger partial charge in [-0.25, -0.2) is 9.36 Å². The fraction of sp³-hybridized carbons (Fsp3) is 0.188. The van der Waals surface area contributed by atoms with Gasteiger partial charge in [-0.05, 0) is 84.1 Å². The van der Waals surface area contributed by atoms with Gasteiger partial charge in [0.25, 0.3) is 0 Å². The number of furan rings is 2. The van der Waals surface area contributed by atoms with Crippen LogP contribution in [0.5, 0.6) is 0 Å². The average molecular weight is 720 g/mol. The van der Waals surface area contributed by atoms with E-state index in [0.717, 1.165) is 37.3 Å². The first kappa shape index (κ1) is 32.1. The Morgan fingerprint density at radius 1 is 0.625 bits per heavy atom. The topological polar surface area (TPSA) is 103 Å². The molecule has 12 nitrogen and oxygen atoms in total. The zero-order chi connectivity index (χ0) is 33.0. The van der Waals surface area contributed by atoms with Gasteiger partial charge in [-0.1, -0.05) is 47.5 Å². The summed E-state index contributed by atoms with van der Waals surface area (Å²) in [4.78, 5) is 4.59. The van der Waals surface area contributed by atoms with Gasteiger partial charge in [-0.3, -0.25) is 9.80 Å². The smallest absolute Gasteiger partial charge is 0.220 e. The predicted molar refractivity (Wildman–Crippen MR) is 190 cm³/mol. The second-order valence-corrected chi connectivity index (χ2v) is 12.5. The molecule has 244 valence electrons. The Balaban J connectivity index is 1.05. The molecular weight excluding hydrogens is 691 g/mol. The molecule has 0 unspecified atom stereocenters. The molecule has 1 aliphatic heterocycles. The van der Waals surface area contributed by atoms with Crippen molar-refractivity contribution in [2.75, 3.05) is 26.2 Å². The zero-order valence-electron chi connectivity index (χ0n) is 25.3. The summed E-state index contributed by atoms with van der Waals surface area (Å²) >= 11 is 23.7. The average Bonchev–Trinajstić information content (AvgIpc) is 3.92. The minimum Gasteiger partial charge on any atom is -0.461 e. The van der Waals surface area contributed by atoms with Gasteiger partial charge >= 0.3 is 0 Å². The van der Waals surface area contributed by atoms with Crippen LogP contribution in [-0.2, 0) is 13.3 Å². The van der Waals surface area contributed by atoms with Crippen molar-refractivity contribution in [3.8, 4) is 23.2 Å². The van der Waals surface area contributed by atoms with Crippen LogP contribution < -0.4 is 0 Å². The maximum Gasteiger partial charge on any atom is 0.220 e. The fourth-order valence-corrected chi connectivity index (χ4v) is 5.82. The highest BCUT2D eigenvalue weighted by Crippen LogP contribution is 2.21. The molecule has 1 fully saturated rings. The quantitative estimate of drug-likeness (QED) is 0.111. The summed E-state index contributed by atoms with van der Waals surface area (Å²) in [6.45, 7) is 4.14. The summed E-state index contributed by atoms with van der Waals surface area (Å²) in [5.41, 5.74) is 1.76. The molecular formula is C32H28Cl2N10O2S2. The highest BCUT2D eigenvalue weighted by Gasteiger charge is 2.22. The van der Waals surface area contributed by atoms with E-state index in [9.17, 15) is 0 Å². The summed E-state index contributed by atoms with van der Waals surface area (Å²) in [7, 11) is 0. The molecule has 0 bridgehead atoms. The van der Waals surface area contributed by atoms with E-state index in [1.54, 1.807) is 43.7 Å². The Bertz CT molecular complexity index is 2000. The van der Waals surface area contributed by atoms with E-state index in [-0.39, 0.29) is 0 Å². The number of hydrogen-bond donors (Lipinski definition) is 0. The maximum absolute atomic E-state index is 6.04. The summed E-state index contributed by atoms with van der Waals surface area (Å²) in [5, 5.41) is 20.1. The molecule has 0 spiro atoms. The van der Waals surface area contributed by atoms with E-state index in [0.29, 0.717) is 56.1 Å². The molecule has 0 aliphatic carbocycles. The third kappa shape index (κ3) is 7.18. The van der Waals surface area contributed by atoms with Crippen molar-refractivity contribution in [2.45, 2.75) is 13.3 Å². The van der Waals surface area contributed by atoms with Gasteiger partial charge in [0, 0.05) is 36.2 Å². The molecule has 0 N–H and O–H groups in total. The number of benzene rings is 2. The van der Waals surface area contributed by atoms with Crippen molar-refractivity contribution < 1.29 is 8.83 Å². The van der Waals surface area contributed by atoms with Crippen LogP contribution in [0.2, 0.25) is 10.0 Å². The van der Waals surface area contributed by atoms with Crippen LogP contribution in [0.4, 0.5) is 0 Å². The van der Waals surface area contributed by atoms with Gasteiger partial charge in [0.15, 0.2) is 11.5 Å². The molecule has 6 aromatic rings. The van der Waals surface area contributed by atoms with Crippen molar-refractivity contribution in [1.82, 2.24) is 38.7 Å². The number of rotatable bonds is 10. The first-order valence-electron chi connectivity index (χ1n) is 14.9. The van der Waals surface area contributed by atoms with Gasteiger partial charge in [0.2, 0.25) is 21.2 Å². The van der Waals surface area contributed by atoms with Gasteiger partial charge in [-0.15, -0.1) is 10.2 Å². The minimum absolute atomic E-state index is 0.454. The molecule has 0 radical (unpaired) electrons. The third-order valence-corrected chi connectivity index (χ3v) is 8.91. The summed E-state index contributed by atoms with van der Waals surface area (Å²) < 4.78 is 19.0. The normalized spacial score (nSPS) is 14.5. The van der Waals surface area contributed by atoms with Crippen LogP contribution in [-0.4, -0.2) is 77.3 Å². The van der Waals surface area contributed by atoms with Gasteiger partial charge < -0.3 is 8.83 Å². The minimum atomic E-state index is 0.454. The third-order valence-electron chi connectivity index (χ3n) is 7.64. The molecule has 1 saturated heterocycles. The summed E-state index contributed by atoms with van der Waals surface area (Å²) in [6.07, 6.45) is 6.64. The highest BCUT2D eigenvalue weighted by atomic mass is 35.5. The second kappa shape index (κ2) is 14.4. The summed E-state index contributed by atoms with van der Waals surface area (Å²) in [6, 6.07) is 22.1. The monoisotopic (exact) mass is 718 g/mol. The zero-order valence-corrected chi connectivity index (χ0v) is 28.5. The first-order chi connectivity index (χ1) is 23.4. The number of piperazine rings is 1. The van der Waals surface area contributed by atoms with E-state index in [2.05, 4.69) is 20.0 Å². The van der Waals surface area contributed by atoms with E-state index in [1.165, 1.54) is 0 Å². The first-order valence-corrected chi connectivity index (χ1v) is 16.5. The van der Waals surface area contributed by atoms with Crippen LogP contribution in [0, 0.1) is 9.54 Å². The molecule has 48 heavy (non-hydrogen) atoms. The van der Waals surface area contributed by atoms with Gasteiger partial charge in [0.1, 0.15) is 0 Å². The van der Waals surface area contributed by atoms with Crippen molar-refractivity contribution in [1.29, 1.82) is 0 Å². The molecule has 2 aromatic carbocycles. The second-order valence-electron chi connectivity index (χ2n) is 10.9. The van der Waals surface area contributed by atoms with E-state index in [4.69, 9.17) is 66.7 Å². The van der Waals surface area contributed by atoms with Gasteiger partial charge in [0.05, 0.1) is 38.3 Å². The molecule has 7 rings (SSSR count). The Morgan fingerprint density at radius 2 is 1.02 bits per heavy atom. The number of nitrogens with zero attached hydrogens (tertiary/aromatic N) is 10. The van der Waals surface area contributed by atoms with Crippen molar-refractivity contribution >= 4 is 60.1 Å². The van der Waals surface area contributed by atoms with Crippen LogP contribution in [0.3, 0.4) is 0 Å². The van der Waals surface area contributed by atoms with Crippen molar-refractivity contribution in [2.24, 2.45) is 10.2 Å². The standard InChI is InChI=1S/C32H28Cl2N10O2S2/c33-25-9-5-23(6-10-25)19-35-43-29(27-3-1-17-45-27)37-41(31(43)47)21-39-13-15-40(16-14-39)22-42-32(48)44(30(38-42)28-4-2-18-46-28)36-20-24-7-11-26(34)12-8-24/h1-12,17-20H,13-16,21-22H2/b35-19+,36-20+. The van der Waals surface area contributed by atoms with Gasteiger partial charge in [-0.2, -0.15) is 19.6 Å². The Labute approximate surface area is 295 Å². The van der Waals surface area contributed by atoms with Crippen molar-refractivity contribution in [3.05, 3.63) is 116 Å². The molecule has 0 atom stereocenters. The van der Waals surface area contributed by atoms with E-state index < -0.39 is 0 Å². The molecule has 0 amide bonds. The lowest BCUT2D eigenvalue weighted by Crippen LogP contribution is -2.47. The molecule has 4 aromatic heterocycles. The van der Waals surface area contributed by atoms with Crippen LogP contribution in [0.1, 0.15) is 11.1 Å². The molecule has 16 heteroatoms. The Kier molecular flexibility index (Phi) is 9.61. The maximum atomic E-state index is 6.04. The largest absolute Gasteiger partial charge is 0.461 e. The Morgan fingerprint density at radius 3 is 1.38 bits per heavy atom. The molecule has 1 aliphatic rings. The lowest BCUT2D eigenvalue weighted by molar-refractivity contribution is 0.0793. The lowest BCUT2D eigenvalue weighted by Gasteiger charge is -2.34.